The van der Waals surface area contributed by atoms with Gasteiger partial charge in [0, 0.05) is 30.2 Å². The van der Waals surface area contributed by atoms with Crippen molar-refractivity contribution in [3.63, 3.8) is 0 Å². The first-order chi connectivity index (χ1) is 7.27. The van der Waals surface area contributed by atoms with Crippen LogP contribution >= 0.6 is 11.6 Å². The third-order valence-corrected chi connectivity index (χ3v) is 2.18. The van der Waals surface area contributed by atoms with Crippen molar-refractivity contribution in [1.82, 2.24) is 5.32 Å². The fourth-order valence-corrected chi connectivity index (χ4v) is 1.46. The van der Waals surface area contributed by atoms with Crippen LogP contribution in [0.3, 0.4) is 0 Å². The van der Waals surface area contributed by atoms with Gasteiger partial charge in [-0.05, 0) is 25.2 Å². The first-order valence-corrected chi connectivity index (χ1v) is 5.32. The summed E-state index contributed by atoms with van der Waals surface area (Å²) in [5.41, 5.74) is 1.03. The Bertz CT molecular complexity index is 305. The van der Waals surface area contributed by atoms with E-state index < -0.39 is 0 Å². The van der Waals surface area contributed by atoms with Crippen LogP contribution in [0.4, 0.5) is 0 Å². The first kappa shape index (κ1) is 12.3. The largest absolute Gasteiger partial charge is 0.493 e. The van der Waals surface area contributed by atoms with Crippen molar-refractivity contribution in [2.75, 3.05) is 20.3 Å². The third kappa shape index (κ3) is 4.08. The lowest BCUT2D eigenvalue weighted by molar-refractivity contribution is 0.232. The van der Waals surface area contributed by atoms with E-state index in [1.165, 1.54) is 0 Å². The molecule has 0 fully saturated rings. The van der Waals surface area contributed by atoms with Crippen molar-refractivity contribution >= 4 is 11.6 Å². The molecule has 0 heterocycles. The molecule has 3 nitrogen and oxygen atoms in total. The molecular weight excluding hydrogens is 214 g/mol. The molecule has 0 aliphatic rings. The van der Waals surface area contributed by atoms with Crippen LogP contribution in [0.15, 0.2) is 18.2 Å². The lowest BCUT2D eigenvalue weighted by Crippen LogP contribution is -2.08. The van der Waals surface area contributed by atoms with Gasteiger partial charge in [-0.2, -0.15) is 0 Å². The van der Waals surface area contributed by atoms with E-state index in [-0.39, 0.29) is 6.61 Å². The van der Waals surface area contributed by atoms with Gasteiger partial charge in [-0.1, -0.05) is 11.6 Å². The molecule has 84 valence electrons. The van der Waals surface area contributed by atoms with Crippen LogP contribution in [0.2, 0.25) is 5.02 Å². The Morgan fingerprint density at radius 2 is 2.27 bits per heavy atom. The Kier molecular flexibility index (Phi) is 5.47. The second-order valence-corrected chi connectivity index (χ2v) is 3.64. The van der Waals surface area contributed by atoms with Gasteiger partial charge < -0.3 is 15.2 Å². The summed E-state index contributed by atoms with van der Waals surface area (Å²) in [6.45, 7) is 1.39. The number of aliphatic hydroxyl groups is 1. The highest BCUT2D eigenvalue weighted by Crippen LogP contribution is 2.22. The van der Waals surface area contributed by atoms with Gasteiger partial charge in [0.05, 0.1) is 6.61 Å². The predicted octanol–water partition coefficient (Wildman–Crippen LogP) is 1.82. The first-order valence-electron chi connectivity index (χ1n) is 4.94. The monoisotopic (exact) mass is 229 g/mol. The molecule has 2 N–H and O–H groups in total. The van der Waals surface area contributed by atoms with Gasteiger partial charge in [0.15, 0.2) is 0 Å². The quantitative estimate of drug-likeness (QED) is 0.732. The molecule has 1 rings (SSSR count). The van der Waals surface area contributed by atoms with E-state index in [2.05, 4.69) is 5.32 Å². The molecule has 0 saturated carbocycles. The molecule has 4 heteroatoms. The standard InChI is InChI=1S/C11H16ClNO2/c1-13-8-9-7-10(12)3-4-11(9)15-6-2-5-14/h3-4,7,13-14H,2,5-6,8H2,1H3. The molecule has 0 aromatic heterocycles. The molecule has 0 aliphatic carbocycles. The predicted molar refractivity (Wildman–Crippen MR) is 61.4 cm³/mol. The molecule has 0 radical (unpaired) electrons. The lowest BCUT2D eigenvalue weighted by Gasteiger charge is -2.11. The summed E-state index contributed by atoms with van der Waals surface area (Å²) >= 11 is 5.89. The summed E-state index contributed by atoms with van der Waals surface area (Å²) in [6, 6.07) is 5.54. The zero-order valence-electron chi connectivity index (χ0n) is 8.79. The Morgan fingerprint density at radius 3 is 2.93 bits per heavy atom. The second-order valence-electron chi connectivity index (χ2n) is 3.21. The number of aliphatic hydroxyl groups excluding tert-OH is 1. The highest BCUT2D eigenvalue weighted by Gasteiger charge is 2.03. The molecule has 1 aromatic rings. The van der Waals surface area contributed by atoms with Crippen LogP contribution in [-0.4, -0.2) is 25.4 Å². The van der Waals surface area contributed by atoms with Crippen LogP contribution in [0.1, 0.15) is 12.0 Å². The zero-order chi connectivity index (χ0) is 11.1. The van der Waals surface area contributed by atoms with Crippen molar-refractivity contribution in [2.45, 2.75) is 13.0 Å². The Labute approximate surface area is 95.0 Å². The van der Waals surface area contributed by atoms with Crippen molar-refractivity contribution in [3.05, 3.63) is 28.8 Å². The minimum Gasteiger partial charge on any atom is -0.493 e. The minimum absolute atomic E-state index is 0.148. The smallest absolute Gasteiger partial charge is 0.123 e. The molecule has 0 saturated heterocycles. The average Bonchev–Trinajstić information content (AvgIpc) is 2.22. The van der Waals surface area contributed by atoms with Crippen molar-refractivity contribution < 1.29 is 9.84 Å². The Morgan fingerprint density at radius 1 is 1.47 bits per heavy atom. The van der Waals surface area contributed by atoms with Gasteiger partial charge >= 0.3 is 0 Å². The van der Waals surface area contributed by atoms with Crippen molar-refractivity contribution in [1.29, 1.82) is 0 Å². The van der Waals surface area contributed by atoms with E-state index in [0.717, 1.165) is 17.9 Å². The number of hydrogen-bond donors (Lipinski definition) is 2. The fourth-order valence-electron chi connectivity index (χ4n) is 1.26. The molecule has 0 aliphatic heterocycles. The van der Waals surface area contributed by atoms with E-state index >= 15 is 0 Å². The maximum Gasteiger partial charge on any atom is 0.123 e. The summed E-state index contributed by atoms with van der Waals surface area (Å²) in [6.07, 6.45) is 0.640. The number of rotatable bonds is 6. The van der Waals surface area contributed by atoms with Crippen LogP contribution in [0, 0.1) is 0 Å². The number of benzene rings is 1. The van der Waals surface area contributed by atoms with Gasteiger partial charge in [-0.25, -0.2) is 0 Å². The fraction of sp³-hybridized carbons (Fsp3) is 0.455. The summed E-state index contributed by atoms with van der Waals surface area (Å²) < 4.78 is 5.53. The normalized spacial score (nSPS) is 10.3. The maximum absolute atomic E-state index is 8.65. The van der Waals surface area contributed by atoms with Gasteiger partial charge in [-0.3, -0.25) is 0 Å². The van der Waals surface area contributed by atoms with Gasteiger partial charge in [-0.15, -0.1) is 0 Å². The SMILES string of the molecule is CNCc1cc(Cl)ccc1OCCCO. The molecule has 0 atom stereocenters. The number of hydrogen-bond acceptors (Lipinski definition) is 3. The summed E-state index contributed by atoms with van der Waals surface area (Å²) in [5.74, 6) is 0.821. The average molecular weight is 230 g/mol. The molecule has 0 amide bonds. The molecule has 0 bridgehead atoms. The van der Waals surface area contributed by atoms with E-state index in [1.807, 2.05) is 19.2 Å². The Hall–Kier alpha value is -0.770. The summed E-state index contributed by atoms with van der Waals surface area (Å²) in [5, 5.41) is 12.4. The Balaban J connectivity index is 2.67. The molecule has 0 spiro atoms. The molecule has 15 heavy (non-hydrogen) atoms. The number of halogens is 1. The molecule has 0 unspecified atom stereocenters. The van der Waals surface area contributed by atoms with Crippen molar-refractivity contribution in [2.24, 2.45) is 0 Å². The second kappa shape index (κ2) is 6.67. The van der Waals surface area contributed by atoms with E-state index in [0.29, 0.717) is 18.1 Å². The van der Waals surface area contributed by atoms with Crippen LogP contribution in [-0.2, 0) is 6.54 Å². The van der Waals surface area contributed by atoms with Gasteiger partial charge in [0.1, 0.15) is 5.75 Å². The highest BCUT2D eigenvalue weighted by molar-refractivity contribution is 6.30. The van der Waals surface area contributed by atoms with Crippen LogP contribution < -0.4 is 10.1 Å². The van der Waals surface area contributed by atoms with Crippen LogP contribution in [0.5, 0.6) is 5.75 Å². The number of nitrogens with one attached hydrogen (secondary N) is 1. The maximum atomic E-state index is 8.65. The zero-order valence-corrected chi connectivity index (χ0v) is 9.55. The topological polar surface area (TPSA) is 41.5 Å². The highest BCUT2D eigenvalue weighted by atomic mass is 35.5. The van der Waals surface area contributed by atoms with E-state index in [4.69, 9.17) is 21.4 Å². The van der Waals surface area contributed by atoms with E-state index in [9.17, 15) is 0 Å². The molecule has 1 aromatic carbocycles. The minimum atomic E-state index is 0.148. The van der Waals surface area contributed by atoms with E-state index in [1.54, 1.807) is 6.07 Å². The molecular formula is C11H16ClNO2. The van der Waals surface area contributed by atoms with Gasteiger partial charge in [0.25, 0.3) is 0 Å². The van der Waals surface area contributed by atoms with Gasteiger partial charge in [0.2, 0.25) is 0 Å². The number of ether oxygens (including phenoxy) is 1. The van der Waals surface area contributed by atoms with Crippen molar-refractivity contribution in [3.8, 4) is 5.75 Å². The lowest BCUT2D eigenvalue weighted by atomic mass is 10.2. The summed E-state index contributed by atoms with van der Waals surface area (Å²) in [7, 11) is 1.87. The third-order valence-electron chi connectivity index (χ3n) is 1.95. The summed E-state index contributed by atoms with van der Waals surface area (Å²) in [4.78, 5) is 0. The van der Waals surface area contributed by atoms with Crippen LogP contribution in [0.25, 0.3) is 0 Å².